The zero-order chi connectivity index (χ0) is 10.2. The lowest BCUT2D eigenvalue weighted by atomic mass is 9.73. The molecular weight excluding hydrogens is 170 g/mol. The topological polar surface area (TPSA) is 66.4 Å². The van der Waals surface area contributed by atoms with Crippen LogP contribution < -0.4 is 5.32 Å². The van der Waals surface area contributed by atoms with Crippen LogP contribution in [0.15, 0.2) is 0 Å². The lowest BCUT2D eigenvalue weighted by molar-refractivity contribution is -0.142. The number of carbonyl (C=O) groups is 2. The molecule has 13 heavy (non-hydrogen) atoms. The van der Waals surface area contributed by atoms with Crippen molar-refractivity contribution in [3.8, 4) is 0 Å². The molecule has 2 atom stereocenters. The Morgan fingerprint density at radius 3 is 2.54 bits per heavy atom. The highest BCUT2D eigenvalue weighted by Crippen LogP contribution is 2.38. The molecule has 0 spiro atoms. The van der Waals surface area contributed by atoms with E-state index in [0.29, 0.717) is 6.42 Å². The summed E-state index contributed by atoms with van der Waals surface area (Å²) >= 11 is 0. The van der Waals surface area contributed by atoms with E-state index in [4.69, 9.17) is 5.11 Å². The number of aliphatic carboxylic acids is 1. The van der Waals surface area contributed by atoms with Gasteiger partial charge in [-0.25, -0.2) is 4.79 Å². The Morgan fingerprint density at radius 1 is 1.69 bits per heavy atom. The molecule has 1 rings (SSSR count). The minimum Gasteiger partial charge on any atom is -0.480 e. The standard InChI is InChI=1S/C9H15NO3/c1-5(2)9(3)4-6(11)10-7(9)8(12)13/h5,7H,4H2,1-3H3,(H,10,11)(H,12,13). The Bertz CT molecular complexity index is 249. The van der Waals surface area contributed by atoms with Crippen LogP contribution in [0.25, 0.3) is 0 Å². The first-order valence-corrected chi connectivity index (χ1v) is 4.40. The van der Waals surface area contributed by atoms with Crippen LogP contribution >= 0.6 is 0 Å². The third-order valence-corrected chi connectivity index (χ3v) is 3.07. The van der Waals surface area contributed by atoms with Gasteiger partial charge >= 0.3 is 5.97 Å². The van der Waals surface area contributed by atoms with Gasteiger partial charge in [-0.15, -0.1) is 0 Å². The molecule has 0 aliphatic carbocycles. The molecule has 0 bridgehead atoms. The molecule has 1 fully saturated rings. The molecule has 1 saturated heterocycles. The van der Waals surface area contributed by atoms with Gasteiger partial charge in [0.05, 0.1) is 0 Å². The Balaban J connectivity index is 2.95. The van der Waals surface area contributed by atoms with Crippen LogP contribution in [0.2, 0.25) is 0 Å². The molecular formula is C9H15NO3. The van der Waals surface area contributed by atoms with E-state index in [0.717, 1.165) is 0 Å². The van der Waals surface area contributed by atoms with E-state index < -0.39 is 17.4 Å². The Labute approximate surface area is 77.3 Å². The molecule has 0 aromatic carbocycles. The number of carbonyl (C=O) groups excluding carboxylic acids is 1. The minimum absolute atomic E-state index is 0.163. The van der Waals surface area contributed by atoms with Crippen molar-refractivity contribution in [1.82, 2.24) is 5.32 Å². The second kappa shape index (κ2) is 3.01. The normalized spacial score (nSPS) is 33.5. The van der Waals surface area contributed by atoms with Crippen molar-refractivity contribution in [2.24, 2.45) is 11.3 Å². The number of hydrogen-bond donors (Lipinski definition) is 2. The molecule has 4 nitrogen and oxygen atoms in total. The van der Waals surface area contributed by atoms with Gasteiger partial charge in [-0.2, -0.15) is 0 Å². The van der Waals surface area contributed by atoms with Crippen molar-refractivity contribution in [3.63, 3.8) is 0 Å². The molecule has 74 valence electrons. The van der Waals surface area contributed by atoms with Crippen molar-refractivity contribution in [1.29, 1.82) is 0 Å². The molecule has 1 aliphatic heterocycles. The highest BCUT2D eigenvalue weighted by Gasteiger charge is 2.49. The van der Waals surface area contributed by atoms with Gasteiger partial charge in [0.1, 0.15) is 6.04 Å². The van der Waals surface area contributed by atoms with Gasteiger partial charge in [0.15, 0.2) is 0 Å². The fraction of sp³-hybridized carbons (Fsp3) is 0.778. The van der Waals surface area contributed by atoms with Gasteiger partial charge in [-0.1, -0.05) is 20.8 Å². The zero-order valence-electron chi connectivity index (χ0n) is 8.13. The average molecular weight is 185 g/mol. The van der Waals surface area contributed by atoms with E-state index >= 15 is 0 Å². The summed E-state index contributed by atoms with van der Waals surface area (Å²) in [6.07, 6.45) is 0.307. The molecule has 0 saturated carbocycles. The monoisotopic (exact) mass is 185 g/mol. The van der Waals surface area contributed by atoms with Crippen molar-refractivity contribution in [3.05, 3.63) is 0 Å². The summed E-state index contributed by atoms with van der Waals surface area (Å²) < 4.78 is 0. The van der Waals surface area contributed by atoms with Crippen molar-refractivity contribution in [2.45, 2.75) is 33.2 Å². The van der Waals surface area contributed by atoms with E-state index in [2.05, 4.69) is 5.32 Å². The largest absolute Gasteiger partial charge is 0.480 e. The number of carboxylic acid groups (broad SMARTS) is 1. The summed E-state index contributed by atoms with van der Waals surface area (Å²) in [6.45, 7) is 5.72. The Hall–Kier alpha value is -1.06. The van der Waals surface area contributed by atoms with Crippen molar-refractivity contribution < 1.29 is 14.7 Å². The van der Waals surface area contributed by atoms with E-state index in [9.17, 15) is 9.59 Å². The molecule has 0 aromatic rings. The molecule has 2 N–H and O–H groups in total. The molecule has 1 amide bonds. The Kier molecular flexibility index (Phi) is 2.32. The third-order valence-electron chi connectivity index (χ3n) is 3.07. The average Bonchev–Trinajstić information content (AvgIpc) is 2.27. The summed E-state index contributed by atoms with van der Waals surface area (Å²) in [5.41, 5.74) is -0.455. The maximum absolute atomic E-state index is 11.1. The number of rotatable bonds is 2. The van der Waals surface area contributed by atoms with Crippen molar-refractivity contribution >= 4 is 11.9 Å². The highest BCUT2D eigenvalue weighted by atomic mass is 16.4. The van der Waals surface area contributed by atoms with Crippen molar-refractivity contribution in [2.75, 3.05) is 0 Å². The van der Waals surface area contributed by atoms with Crippen LogP contribution in [0.5, 0.6) is 0 Å². The summed E-state index contributed by atoms with van der Waals surface area (Å²) in [6, 6.07) is -0.736. The SMILES string of the molecule is CC(C)C1(C)CC(=O)NC1C(=O)O. The second-order valence-corrected chi connectivity index (χ2v) is 4.18. The van der Waals surface area contributed by atoms with Gasteiger partial charge in [0, 0.05) is 11.8 Å². The van der Waals surface area contributed by atoms with Gasteiger partial charge in [0.25, 0.3) is 0 Å². The maximum atomic E-state index is 11.1. The fourth-order valence-electron chi connectivity index (χ4n) is 1.71. The zero-order valence-corrected chi connectivity index (χ0v) is 8.13. The molecule has 1 heterocycles. The Morgan fingerprint density at radius 2 is 2.23 bits per heavy atom. The molecule has 1 aliphatic rings. The smallest absolute Gasteiger partial charge is 0.326 e. The summed E-state index contributed by atoms with van der Waals surface area (Å²) in [4.78, 5) is 22.0. The second-order valence-electron chi connectivity index (χ2n) is 4.18. The van der Waals surface area contributed by atoms with E-state index in [-0.39, 0.29) is 11.8 Å². The number of carboxylic acids is 1. The first-order valence-electron chi connectivity index (χ1n) is 4.40. The third kappa shape index (κ3) is 1.53. The van der Waals surface area contributed by atoms with Crippen LogP contribution in [0.1, 0.15) is 27.2 Å². The molecule has 4 heteroatoms. The lowest BCUT2D eigenvalue weighted by Gasteiger charge is -2.31. The fourth-order valence-corrected chi connectivity index (χ4v) is 1.71. The quantitative estimate of drug-likeness (QED) is 0.662. The molecule has 0 aromatic heterocycles. The summed E-state index contributed by atoms with van der Waals surface area (Å²) in [7, 11) is 0. The first-order chi connectivity index (χ1) is 5.88. The number of nitrogens with one attached hydrogen (secondary N) is 1. The molecule has 2 unspecified atom stereocenters. The van der Waals surface area contributed by atoms with Gasteiger partial charge < -0.3 is 10.4 Å². The van der Waals surface area contributed by atoms with Crippen LogP contribution in [0.4, 0.5) is 0 Å². The maximum Gasteiger partial charge on any atom is 0.326 e. The number of amides is 1. The van der Waals surface area contributed by atoms with Crippen LogP contribution in [0.3, 0.4) is 0 Å². The van der Waals surface area contributed by atoms with E-state index in [1.54, 1.807) is 0 Å². The highest BCUT2D eigenvalue weighted by molar-refractivity contribution is 5.89. The minimum atomic E-state index is -0.943. The predicted octanol–water partition coefficient (Wildman–Crippen LogP) is 0.622. The predicted molar refractivity (Wildman–Crippen MR) is 47.1 cm³/mol. The first kappa shape index (κ1) is 10.0. The van der Waals surface area contributed by atoms with Crippen LogP contribution in [0, 0.1) is 11.3 Å². The lowest BCUT2D eigenvalue weighted by Crippen LogP contribution is -2.44. The summed E-state index contributed by atoms with van der Waals surface area (Å²) in [5, 5.41) is 11.4. The molecule has 0 radical (unpaired) electrons. The van der Waals surface area contributed by atoms with Crippen LogP contribution in [-0.4, -0.2) is 23.0 Å². The van der Waals surface area contributed by atoms with Gasteiger partial charge in [-0.05, 0) is 5.92 Å². The van der Waals surface area contributed by atoms with E-state index in [1.165, 1.54) is 0 Å². The van der Waals surface area contributed by atoms with Gasteiger partial charge in [0.2, 0.25) is 5.91 Å². The number of hydrogen-bond acceptors (Lipinski definition) is 2. The van der Waals surface area contributed by atoms with E-state index in [1.807, 2.05) is 20.8 Å². The van der Waals surface area contributed by atoms with Gasteiger partial charge in [-0.3, -0.25) is 4.79 Å². The summed E-state index contributed by atoms with van der Waals surface area (Å²) in [5.74, 6) is -0.932. The van der Waals surface area contributed by atoms with Crippen LogP contribution in [-0.2, 0) is 9.59 Å².